The van der Waals surface area contributed by atoms with Crippen LogP contribution in [0.4, 0.5) is 21.5 Å². The highest BCUT2D eigenvalue weighted by molar-refractivity contribution is 6.33. The summed E-state index contributed by atoms with van der Waals surface area (Å²) < 4.78 is 14.0. The SMILES string of the molecule is CCN(C)/C=N\c1cc(C)c(N(C)c2ccccc2F)cc1Cl. The molecule has 0 aliphatic rings. The molecule has 122 valence electrons. The van der Waals surface area contributed by atoms with Crippen LogP contribution >= 0.6 is 11.6 Å². The van der Waals surface area contributed by atoms with E-state index in [9.17, 15) is 4.39 Å². The molecule has 0 saturated heterocycles. The summed E-state index contributed by atoms with van der Waals surface area (Å²) in [6.45, 7) is 4.88. The van der Waals surface area contributed by atoms with Gasteiger partial charge >= 0.3 is 0 Å². The summed E-state index contributed by atoms with van der Waals surface area (Å²) in [7, 11) is 3.77. The van der Waals surface area contributed by atoms with Crippen molar-refractivity contribution in [2.75, 3.05) is 25.5 Å². The molecule has 0 unspecified atom stereocenters. The van der Waals surface area contributed by atoms with Crippen LogP contribution in [-0.2, 0) is 0 Å². The summed E-state index contributed by atoms with van der Waals surface area (Å²) in [5.41, 5.74) is 3.04. The Balaban J connectivity index is 2.37. The van der Waals surface area contributed by atoms with E-state index in [1.807, 2.05) is 51.0 Å². The van der Waals surface area contributed by atoms with Crippen molar-refractivity contribution in [2.45, 2.75) is 13.8 Å². The van der Waals surface area contributed by atoms with Gasteiger partial charge in [-0.25, -0.2) is 9.38 Å². The van der Waals surface area contributed by atoms with Crippen LogP contribution in [0, 0.1) is 12.7 Å². The molecular formula is C18H21ClFN3. The van der Waals surface area contributed by atoms with Gasteiger partial charge in [0.2, 0.25) is 0 Å². The van der Waals surface area contributed by atoms with Crippen LogP contribution in [0.3, 0.4) is 0 Å². The summed E-state index contributed by atoms with van der Waals surface area (Å²) in [4.78, 5) is 8.16. The molecule has 2 aromatic rings. The lowest BCUT2D eigenvalue weighted by Gasteiger charge is -2.23. The topological polar surface area (TPSA) is 18.8 Å². The minimum absolute atomic E-state index is 0.266. The molecule has 0 aliphatic heterocycles. The molecule has 0 bridgehead atoms. The van der Waals surface area contributed by atoms with Crippen LogP contribution in [0.25, 0.3) is 0 Å². The molecule has 0 fully saturated rings. The number of rotatable bonds is 5. The monoisotopic (exact) mass is 333 g/mol. The molecular weight excluding hydrogens is 313 g/mol. The third-order valence-electron chi connectivity index (χ3n) is 3.73. The number of para-hydroxylation sites is 1. The molecule has 3 nitrogen and oxygen atoms in total. The average Bonchev–Trinajstić information content (AvgIpc) is 2.54. The Bertz CT molecular complexity index is 715. The summed E-state index contributed by atoms with van der Waals surface area (Å²) >= 11 is 6.35. The van der Waals surface area contributed by atoms with E-state index in [-0.39, 0.29) is 5.82 Å². The molecule has 2 aromatic carbocycles. The van der Waals surface area contributed by atoms with Crippen molar-refractivity contribution in [1.29, 1.82) is 0 Å². The van der Waals surface area contributed by atoms with Gasteiger partial charge in [-0.05, 0) is 43.7 Å². The Hall–Kier alpha value is -2.07. The summed E-state index contributed by atoms with van der Waals surface area (Å²) in [6.07, 6.45) is 1.75. The summed E-state index contributed by atoms with van der Waals surface area (Å²) in [5, 5.41) is 0.537. The molecule has 0 radical (unpaired) electrons. The third-order valence-corrected chi connectivity index (χ3v) is 4.04. The number of nitrogens with zero attached hydrogens (tertiary/aromatic N) is 3. The minimum Gasteiger partial charge on any atom is -0.366 e. The van der Waals surface area contributed by atoms with E-state index in [0.29, 0.717) is 16.4 Å². The largest absolute Gasteiger partial charge is 0.366 e. The second kappa shape index (κ2) is 7.47. The molecule has 0 spiro atoms. The predicted octanol–water partition coefficient (Wildman–Crippen LogP) is 5.17. The second-order valence-electron chi connectivity index (χ2n) is 5.42. The van der Waals surface area contributed by atoms with Crippen LogP contribution in [0.2, 0.25) is 5.02 Å². The van der Waals surface area contributed by atoms with E-state index in [1.165, 1.54) is 6.07 Å². The first kappa shape index (κ1) is 17.3. The van der Waals surface area contributed by atoms with Crippen molar-refractivity contribution in [3.63, 3.8) is 0 Å². The van der Waals surface area contributed by atoms with Gasteiger partial charge < -0.3 is 9.80 Å². The fourth-order valence-corrected chi connectivity index (χ4v) is 2.42. The normalized spacial score (nSPS) is 11.0. The lowest BCUT2D eigenvalue weighted by Crippen LogP contribution is -2.14. The quantitative estimate of drug-likeness (QED) is 0.555. The van der Waals surface area contributed by atoms with Crippen molar-refractivity contribution >= 4 is 35.0 Å². The van der Waals surface area contributed by atoms with E-state index in [0.717, 1.165) is 17.8 Å². The van der Waals surface area contributed by atoms with Crippen LogP contribution in [0.1, 0.15) is 12.5 Å². The van der Waals surface area contributed by atoms with Gasteiger partial charge in [-0.15, -0.1) is 0 Å². The van der Waals surface area contributed by atoms with Crippen LogP contribution < -0.4 is 4.90 Å². The van der Waals surface area contributed by atoms with E-state index < -0.39 is 0 Å². The number of anilines is 2. The zero-order chi connectivity index (χ0) is 17.0. The number of halogens is 2. The molecule has 0 saturated carbocycles. The molecule has 0 atom stereocenters. The molecule has 0 aliphatic carbocycles. The van der Waals surface area contributed by atoms with Crippen molar-refractivity contribution in [3.8, 4) is 0 Å². The zero-order valence-electron chi connectivity index (χ0n) is 13.8. The van der Waals surface area contributed by atoms with Crippen molar-refractivity contribution in [1.82, 2.24) is 4.90 Å². The molecule has 2 rings (SSSR count). The summed E-state index contributed by atoms with van der Waals surface area (Å²) in [5.74, 6) is -0.266. The van der Waals surface area contributed by atoms with E-state index in [2.05, 4.69) is 4.99 Å². The number of hydrogen-bond donors (Lipinski definition) is 0. The number of aliphatic imine (C=N–C) groups is 1. The highest BCUT2D eigenvalue weighted by Crippen LogP contribution is 2.35. The maximum Gasteiger partial charge on any atom is 0.146 e. The van der Waals surface area contributed by atoms with Crippen molar-refractivity contribution < 1.29 is 4.39 Å². The number of hydrogen-bond acceptors (Lipinski definition) is 2. The van der Waals surface area contributed by atoms with Gasteiger partial charge in [0.1, 0.15) is 5.82 Å². The number of aryl methyl sites for hydroxylation is 1. The standard InChI is InChI=1S/C18H21ClFN3/c1-5-22(3)12-21-16-10-13(2)18(11-14(16)19)23(4)17-9-7-6-8-15(17)20/h6-12H,5H2,1-4H3/b21-12-. The molecule has 0 amide bonds. The Morgan fingerprint density at radius 1 is 1.17 bits per heavy atom. The lowest BCUT2D eigenvalue weighted by atomic mass is 10.1. The molecule has 0 N–H and O–H groups in total. The van der Waals surface area contributed by atoms with Gasteiger partial charge in [0, 0.05) is 26.3 Å². The van der Waals surface area contributed by atoms with Gasteiger partial charge in [-0.1, -0.05) is 23.7 Å². The van der Waals surface area contributed by atoms with Crippen LogP contribution in [0.15, 0.2) is 41.4 Å². The second-order valence-corrected chi connectivity index (χ2v) is 5.83. The van der Waals surface area contributed by atoms with Gasteiger partial charge in [0.15, 0.2) is 0 Å². The zero-order valence-corrected chi connectivity index (χ0v) is 14.6. The van der Waals surface area contributed by atoms with Gasteiger partial charge in [0.25, 0.3) is 0 Å². The van der Waals surface area contributed by atoms with Gasteiger partial charge in [0.05, 0.1) is 22.7 Å². The van der Waals surface area contributed by atoms with Crippen LogP contribution in [0.5, 0.6) is 0 Å². The Kier molecular flexibility index (Phi) is 5.61. The van der Waals surface area contributed by atoms with Crippen LogP contribution in [-0.4, -0.2) is 31.9 Å². The summed E-state index contributed by atoms with van der Waals surface area (Å²) in [6, 6.07) is 10.4. The highest BCUT2D eigenvalue weighted by atomic mass is 35.5. The van der Waals surface area contributed by atoms with E-state index >= 15 is 0 Å². The predicted molar refractivity (Wildman–Crippen MR) is 97.1 cm³/mol. The highest BCUT2D eigenvalue weighted by Gasteiger charge is 2.13. The Morgan fingerprint density at radius 2 is 1.87 bits per heavy atom. The van der Waals surface area contributed by atoms with Gasteiger partial charge in [-0.2, -0.15) is 0 Å². The smallest absolute Gasteiger partial charge is 0.146 e. The maximum absolute atomic E-state index is 14.0. The first-order valence-electron chi connectivity index (χ1n) is 7.46. The van der Waals surface area contributed by atoms with Crippen molar-refractivity contribution in [3.05, 3.63) is 52.8 Å². The third kappa shape index (κ3) is 4.02. The molecule has 5 heteroatoms. The number of benzene rings is 2. The minimum atomic E-state index is -0.266. The molecule has 0 aromatic heterocycles. The molecule has 23 heavy (non-hydrogen) atoms. The fraction of sp³-hybridized carbons (Fsp3) is 0.278. The Morgan fingerprint density at radius 3 is 2.52 bits per heavy atom. The average molecular weight is 334 g/mol. The van der Waals surface area contributed by atoms with E-state index in [4.69, 9.17) is 11.6 Å². The maximum atomic E-state index is 14.0. The van der Waals surface area contributed by atoms with Crippen molar-refractivity contribution in [2.24, 2.45) is 4.99 Å². The van der Waals surface area contributed by atoms with E-state index in [1.54, 1.807) is 23.4 Å². The van der Waals surface area contributed by atoms with Gasteiger partial charge in [-0.3, -0.25) is 0 Å². The molecule has 0 heterocycles. The lowest BCUT2D eigenvalue weighted by molar-refractivity contribution is 0.552. The Labute approximate surface area is 142 Å². The fourth-order valence-electron chi connectivity index (χ4n) is 2.21. The first-order valence-corrected chi connectivity index (χ1v) is 7.84. The first-order chi connectivity index (χ1) is 10.9.